The zero-order chi connectivity index (χ0) is 24.0. The van der Waals surface area contributed by atoms with Crippen molar-refractivity contribution in [2.24, 2.45) is 11.1 Å². The molecule has 1 atom stereocenters. The standard InChI is InChI=1S/C26H30N2O5/c1-5-7-13-32-23(30)21-22(27)28(12-6-2)17-11-9-8-10-16(17)26(21)20-18(29)14-25(3,4)15-19(20)33-24(26)31/h6,8-11H,2,5,7,12-15,27H2,1,3-4H3/t26-/m1/s1. The third-order valence-corrected chi connectivity index (χ3v) is 6.50. The van der Waals surface area contributed by atoms with Gasteiger partial charge in [-0.15, -0.1) is 6.58 Å². The Kier molecular flexibility index (Phi) is 5.68. The molecule has 2 heterocycles. The highest BCUT2D eigenvalue weighted by molar-refractivity contribution is 6.18. The lowest BCUT2D eigenvalue weighted by atomic mass is 9.62. The van der Waals surface area contributed by atoms with E-state index in [0.29, 0.717) is 36.4 Å². The van der Waals surface area contributed by atoms with E-state index in [1.807, 2.05) is 32.9 Å². The number of nitrogens with two attached hydrogens (primary N) is 1. The van der Waals surface area contributed by atoms with Crippen molar-refractivity contribution < 1.29 is 23.9 Å². The Labute approximate surface area is 193 Å². The predicted molar refractivity (Wildman–Crippen MR) is 124 cm³/mol. The fraction of sp³-hybridized carbons (Fsp3) is 0.423. The van der Waals surface area contributed by atoms with Crippen molar-refractivity contribution in [2.75, 3.05) is 18.1 Å². The van der Waals surface area contributed by atoms with Gasteiger partial charge >= 0.3 is 11.9 Å². The molecule has 0 unspecified atom stereocenters. The lowest BCUT2D eigenvalue weighted by Crippen LogP contribution is -2.51. The van der Waals surface area contributed by atoms with Crippen molar-refractivity contribution in [3.05, 3.63) is 65.2 Å². The summed E-state index contributed by atoms with van der Waals surface area (Å²) in [4.78, 5) is 42.5. The number of esters is 2. The van der Waals surface area contributed by atoms with E-state index >= 15 is 0 Å². The molecule has 1 aromatic rings. The number of carbonyl (C=O) groups excluding carboxylic acids is 3. The topological polar surface area (TPSA) is 98.9 Å². The maximum Gasteiger partial charge on any atom is 0.339 e. The molecule has 0 aromatic heterocycles. The SMILES string of the molecule is C=CCN1C(N)=C(C(=O)OCCCC)[C@@]2(C(=O)OC3=C2C(=O)CC(C)(C)C3)c2ccccc21. The first-order valence-electron chi connectivity index (χ1n) is 11.3. The maximum absolute atomic E-state index is 13.7. The van der Waals surface area contributed by atoms with Crippen LogP contribution >= 0.6 is 0 Å². The van der Waals surface area contributed by atoms with E-state index in [4.69, 9.17) is 15.2 Å². The van der Waals surface area contributed by atoms with Crippen molar-refractivity contribution in [3.8, 4) is 0 Å². The summed E-state index contributed by atoms with van der Waals surface area (Å²) < 4.78 is 11.3. The molecule has 0 amide bonds. The van der Waals surface area contributed by atoms with Crippen LogP contribution in [0.5, 0.6) is 0 Å². The molecule has 1 spiro atoms. The fourth-order valence-electron chi connectivity index (χ4n) is 5.11. The first kappa shape index (κ1) is 22.8. The molecule has 0 bridgehead atoms. The second-order valence-corrected chi connectivity index (χ2v) is 9.54. The number of rotatable bonds is 6. The number of unbranched alkanes of at least 4 members (excludes halogenated alkanes) is 1. The largest absolute Gasteiger partial charge is 0.462 e. The number of nitrogens with zero attached hydrogens (tertiary/aromatic N) is 1. The number of benzene rings is 1. The van der Waals surface area contributed by atoms with E-state index in [0.717, 1.165) is 6.42 Å². The zero-order valence-electron chi connectivity index (χ0n) is 19.4. The molecule has 0 radical (unpaired) electrons. The van der Waals surface area contributed by atoms with Gasteiger partial charge in [0.1, 0.15) is 17.2 Å². The van der Waals surface area contributed by atoms with E-state index in [1.165, 1.54) is 0 Å². The summed E-state index contributed by atoms with van der Waals surface area (Å²) in [6, 6.07) is 7.16. The number of para-hydroxylation sites is 1. The highest BCUT2D eigenvalue weighted by atomic mass is 16.5. The highest BCUT2D eigenvalue weighted by Crippen LogP contribution is 2.57. The summed E-state index contributed by atoms with van der Waals surface area (Å²) in [5, 5.41) is 0. The number of anilines is 1. The summed E-state index contributed by atoms with van der Waals surface area (Å²) in [6.07, 6.45) is 3.82. The van der Waals surface area contributed by atoms with E-state index in [2.05, 4.69) is 6.58 Å². The van der Waals surface area contributed by atoms with Gasteiger partial charge in [0.2, 0.25) is 0 Å². The number of fused-ring (bicyclic) bond motifs is 3. The van der Waals surface area contributed by atoms with E-state index in [-0.39, 0.29) is 41.2 Å². The average molecular weight is 451 g/mol. The van der Waals surface area contributed by atoms with E-state index in [1.54, 1.807) is 23.1 Å². The maximum atomic E-state index is 13.7. The molecule has 1 aromatic carbocycles. The minimum atomic E-state index is -1.75. The molecule has 0 saturated carbocycles. The molecule has 7 heteroatoms. The van der Waals surface area contributed by atoms with Crippen LogP contribution in [0.4, 0.5) is 5.69 Å². The van der Waals surface area contributed by atoms with Crippen molar-refractivity contribution in [3.63, 3.8) is 0 Å². The molecule has 7 nitrogen and oxygen atoms in total. The van der Waals surface area contributed by atoms with Crippen LogP contribution < -0.4 is 10.6 Å². The van der Waals surface area contributed by atoms with Gasteiger partial charge in [-0.05, 0) is 17.9 Å². The molecule has 4 rings (SSSR count). The van der Waals surface area contributed by atoms with Crippen molar-refractivity contribution in [1.29, 1.82) is 0 Å². The fourth-order valence-corrected chi connectivity index (χ4v) is 5.11. The van der Waals surface area contributed by atoms with Gasteiger partial charge in [-0.1, -0.05) is 51.5 Å². The molecule has 174 valence electrons. The highest BCUT2D eigenvalue weighted by Gasteiger charge is 2.64. The van der Waals surface area contributed by atoms with Crippen LogP contribution in [0.25, 0.3) is 0 Å². The minimum absolute atomic E-state index is 0.0535. The third-order valence-electron chi connectivity index (χ3n) is 6.50. The zero-order valence-corrected chi connectivity index (χ0v) is 19.4. The van der Waals surface area contributed by atoms with Crippen LogP contribution in [0.2, 0.25) is 0 Å². The molecule has 33 heavy (non-hydrogen) atoms. The van der Waals surface area contributed by atoms with Gasteiger partial charge in [0.15, 0.2) is 11.2 Å². The number of ether oxygens (including phenoxy) is 2. The first-order chi connectivity index (χ1) is 15.7. The average Bonchev–Trinajstić information content (AvgIpc) is 3.02. The summed E-state index contributed by atoms with van der Waals surface area (Å²) in [5.74, 6) is -1.23. The monoisotopic (exact) mass is 450 g/mol. The Morgan fingerprint density at radius 2 is 2.00 bits per heavy atom. The number of allylic oxidation sites excluding steroid dienone is 1. The summed E-state index contributed by atoms with van der Waals surface area (Å²) in [5.41, 5.74) is 5.75. The van der Waals surface area contributed by atoms with Crippen LogP contribution in [0, 0.1) is 5.41 Å². The molecular weight excluding hydrogens is 420 g/mol. The Morgan fingerprint density at radius 3 is 2.70 bits per heavy atom. The number of ketones is 1. The van der Waals surface area contributed by atoms with E-state index in [9.17, 15) is 14.4 Å². The molecule has 1 aliphatic carbocycles. The van der Waals surface area contributed by atoms with Crippen LogP contribution in [0.3, 0.4) is 0 Å². The number of Topliss-reactive ketones (excluding diaryl/α,β-unsaturated/α-hetero) is 1. The normalized spacial score (nSPS) is 23.4. The van der Waals surface area contributed by atoms with E-state index < -0.39 is 17.4 Å². The summed E-state index contributed by atoms with van der Waals surface area (Å²) >= 11 is 0. The Hall–Kier alpha value is -3.35. The van der Waals surface area contributed by atoms with Gasteiger partial charge in [0.05, 0.1) is 12.2 Å². The van der Waals surface area contributed by atoms with Gasteiger partial charge in [-0.25, -0.2) is 9.59 Å². The van der Waals surface area contributed by atoms with Crippen LogP contribution in [0.1, 0.15) is 52.0 Å². The lowest BCUT2D eigenvalue weighted by Gasteiger charge is -2.42. The van der Waals surface area contributed by atoms with Crippen molar-refractivity contribution in [2.45, 2.75) is 51.9 Å². The Bertz CT molecular complexity index is 1110. The van der Waals surface area contributed by atoms with Crippen molar-refractivity contribution in [1.82, 2.24) is 0 Å². The summed E-state index contributed by atoms with van der Waals surface area (Å²) in [6.45, 7) is 10.2. The molecule has 2 aliphatic heterocycles. The van der Waals surface area contributed by atoms with Crippen LogP contribution in [0.15, 0.2) is 59.6 Å². The number of carbonyl (C=O) groups is 3. The van der Waals surface area contributed by atoms with Gasteiger partial charge < -0.3 is 20.1 Å². The molecule has 0 saturated heterocycles. The predicted octanol–water partition coefficient (Wildman–Crippen LogP) is 3.64. The Morgan fingerprint density at radius 1 is 1.27 bits per heavy atom. The van der Waals surface area contributed by atoms with Gasteiger partial charge in [-0.2, -0.15) is 0 Å². The van der Waals surface area contributed by atoms with Crippen LogP contribution in [-0.4, -0.2) is 30.9 Å². The van der Waals surface area contributed by atoms with Crippen LogP contribution in [-0.2, 0) is 29.3 Å². The molecule has 0 fully saturated rings. The quantitative estimate of drug-likeness (QED) is 0.401. The van der Waals surface area contributed by atoms with Crippen molar-refractivity contribution >= 4 is 23.4 Å². The Balaban J connectivity index is 2.02. The number of hydrogen-bond donors (Lipinski definition) is 1. The molecular formula is C26H30N2O5. The second-order valence-electron chi connectivity index (χ2n) is 9.54. The lowest BCUT2D eigenvalue weighted by molar-refractivity contribution is -0.146. The van der Waals surface area contributed by atoms with Gasteiger partial charge in [-0.3, -0.25) is 4.79 Å². The second kappa shape index (κ2) is 8.21. The van der Waals surface area contributed by atoms with Gasteiger partial charge in [0.25, 0.3) is 0 Å². The first-order valence-corrected chi connectivity index (χ1v) is 11.3. The smallest absolute Gasteiger partial charge is 0.339 e. The van der Waals surface area contributed by atoms with Gasteiger partial charge in [0, 0.05) is 30.6 Å². The summed E-state index contributed by atoms with van der Waals surface area (Å²) in [7, 11) is 0. The third kappa shape index (κ3) is 3.37. The molecule has 2 N–H and O–H groups in total. The number of hydrogen-bond acceptors (Lipinski definition) is 7. The minimum Gasteiger partial charge on any atom is -0.462 e. The molecule has 3 aliphatic rings.